The van der Waals surface area contributed by atoms with Crippen LogP contribution in [-0.2, 0) is 4.79 Å². The van der Waals surface area contributed by atoms with Crippen LogP contribution in [0.4, 0.5) is 0 Å². The topological polar surface area (TPSA) is 58.2 Å². The Hall–Kier alpha value is -1.84. The van der Waals surface area contributed by atoms with Crippen molar-refractivity contribution in [1.29, 1.82) is 0 Å². The molecule has 4 heteroatoms. The highest BCUT2D eigenvalue weighted by atomic mass is 16.2. The Morgan fingerprint density at radius 3 is 2.42 bits per heavy atom. The Bertz CT molecular complexity index is 524. The second-order valence-corrected chi connectivity index (χ2v) is 6.95. The Balaban J connectivity index is 1.93. The first-order valence-corrected chi connectivity index (χ1v) is 9.25. The van der Waals surface area contributed by atoms with E-state index in [0.29, 0.717) is 11.5 Å². The van der Waals surface area contributed by atoms with Crippen molar-refractivity contribution in [3.05, 3.63) is 35.9 Å². The summed E-state index contributed by atoms with van der Waals surface area (Å²) < 4.78 is 0. The molecule has 2 atom stereocenters. The van der Waals surface area contributed by atoms with Gasteiger partial charge in [0.1, 0.15) is 6.04 Å². The van der Waals surface area contributed by atoms with Gasteiger partial charge in [-0.15, -0.1) is 0 Å². The average molecular weight is 330 g/mol. The number of hydrogen-bond acceptors (Lipinski definition) is 2. The van der Waals surface area contributed by atoms with Gasteiger partial charge in [-0.2, -0.15) is 0 Å². The fraction of sp³-hybridized carbons (Fsp3) is 0.600. The van der Waals surface area contributed by atoms with Crippen molar-refractivity contribution in [2.75, 3.05) is 6.54 Å². The lowest BCUT2D eigenvalue weighted by molar-refractivity contribution is -0.124. The summed E-state index contributed by atoms with van der Waals surface area (Å²) in [4.78, 5) is 25.0. The highest BCUT2D eigenvalue weighted by Gasteiger charge is 2.26. The quantitative estimate of drug-likeness (QED) is 0.803. The normalized spacial score (nSPS) is 17.8. The first-order chi connectivity index (χ1) is 11.6. The molecule has 1 aliphatic rings. The van der Waals surface area contributed by atoms with E-state index in [2.05, 4.69) is 10.6 Å². The smallest absolute Gasteiger partial charge is 0.251 e. The summed E-state index contributed by atoms with van der Waals surface area (Å²) in [5.41, 5.74) is 0.589. The number of benzene rings is 1. The van der Waals surface area contributed by atoms with E-state index in [4.69, 9.17) is 0 Å². The second-order valence-electron chi connectivity index (χ2n) is 6.95. The van der Waals surface area contributed by atoms with E-state index in [-0.39, 0.29) is 17.7 Å². The fourth-order valence-electron chi connectivity index (χ4n) is 3.26. The largest absolute Gasteiger partial charge is 0.354 e. The number of hydrogen-bond donors (Lipinski definition) is 2. The zero-order valence-corrected chi connectivity index (χ0v) is 14.9. The monoisotopic (exact) mass is 330 g/mol. The number of nitrogens with one attached hydrogen (secondary N) is 2. The molecule has 1 aliphatic carbocycles. The Morgan fingerprint density at radius 1 is 1.12 bits per heavy atom. The predicted octanol–water partition coefficient (Wildman–Crippen LogP) is 3.53. The summed E-state index contributed by atoms with van der Waals surface area (Å²) in [5, 5.41) is 5.99. The number of carbonyl (C=O) groups excluding carboxylic acids is 2. The number of rotatable bonds is 7. The molecule has 2 amide bonds. The highest BCUT2D eigenvalue weighted by Crippen LogP contribution is 2.22. The Labute approximate surface area is 145 Å². The molecular weight excluding hydrogens is 300 g/mol. The van der Waals surface area contributed by atoms with Crippen molar-refractivity contribution < 1.29 is 9.59 Å². The lowest BCUT2D eigenvalue weighted by Gasteiger charge is -2.26. The molecule has 0 aromatic heterocycles. The maximum absolute atomic E-state index is 12.6. The van der Waals surface area contributed by atoms with E-state index in [0.717, 1.165) is 13.0 Å². The zero-order chi connectivity index (χ0) is 17.4. The lowest BCUT2D eigenvalue weighted by Crippen LogP contribution is -2.51. The Kier molecular flexibility index (Phi) is 7.29. The molecule has 0 heterocycles. The van der Waals surface area contributed by atoms with E-state index in [1.165, 1.54) is 32.1 Å². The van der Waals surface area contributed by atoms with Crippen LogP contribution in [0.1, 0.15) is 62.7 Å². The van der Waals surface area contributed by atoms with Crippen LogP contribution in [0.2, 0.25) is 0 Å². The van der Waals surface area contributed by atoms with Gasteiger partial charge in [-0.05, 0) is 36.8 Å². The van der Waals surface area contributed by atoms with E-state index >= 15 is 0 Å². The maximum atomic E-state index is 12.6. The number of carbonyl (C=O) groups is 2. The predicted molar refractivity (Wildman–Crippen MR) is 96.7 cm³/mol. The summed E-state index contributed by atoms with van der Waals surface area (Å²) in [6, 6.07) is 8.59. The lowest BCUT2D eigenvalue weighted by atomic mass is 9.89. The van der Waals surface area contributed by atoms with Crippen molar-refractivity contribution in [3.8, 4) is 0 Å². The zero-order valence-electron chi connectivity index (χ0n) is 14.9. The van der Waals surface area contributed by atoms with Crippen LogP contribution in [0, 0.1) is 11.8 Å². The van der Waals surface area contributed by atoms with E-state index in [1.54, 1.807) is 12.1 Å². The summed E-state index contributed by atoms with van der Waals surface area (Å²) in [6.45, 7) is 4.78. The molecule has 132 valence electrons. The maximum Gasteiger partial charge on any atom is 0.251 e. The fourth-order valence-corrected chi connectivity index (χ4v) is 3.26. The molecule has 0 bridgehead atoms. The number of amides is 2. The van der Waals surface area contributed by atoms with Gasteiger partial charge in [-0.1, -0.05) is 57.7 Å². The second kappa shape index (κ2) is 9.45. The van der Waals surface area contributed by atoms with Gasteiger partial charge in [0.15, 0.2) is 0 Å². The molecule has 4 nitrogen and oxygen atoms in total. The average Bonchev–Trinajstić information content (AvgIpc) is 2.65. The molecule has 0 aliphatic heterocycles. The SMILES string of the molecule is CC[C@H](C)[C@H](NC(=O)c1ccccc1)C(=O)NCC1CCCCC1. The van der Waals surface area contributed by atoms with Crippen LogP contribution in [-0.4, -0.2) is 24.4 Å². The molecule has 1 aromatic carbocycles. The first-order valence-electron chi connectivity index (χ1n) is 9.25. The molecule has 1 saturated carbocycles. The van der Waals surface area contributed by atoms with Crippen LogP contribution in [0.5, 0.6) is 0 Å². The van der Waals surface area contributed by atoms with Gasteiger partial charge in [-0.3, -0.25) is 9.59 Å². The van der Waals surface area contributed by atoms with Crippen molar-refractivity contribution in [1.82, 2.24) is 10.6 Å². The molecule has 2 N–H and O–H groups in total. The van der Waals surface area contributed by atoms with Gasteiger partial charge in [0.2, 0.25) is 5.91 Å². The van der Waals surface area contributed by atoms with E-state index in [9.17, 15) is 9.59 Å². The van der Waals surface area contributed by atoms with Gasteiger partial charge >= 0.3 is 0 Å². The molecule has 1 aromatic rings. The highest BCUT2D eigenvalue weighted by molar-refractivity contribution is 5.97. The third-order valence-corrected chi connectivity index (χ3v) is 5.11. The third kappa shape index (κ3) is 5.36. The molecule has 0 spiro atoms. The summed E-state index contributed by atoms with van der Waals surface area (Å²) in [5.74, 6) is 0.446. The minimum absolute atomic E-state index is 0.0563. The van der Waals surface area contributed by atoms with Crippen molar-refractivity contribution in [2.24, 2.45) is 11.8 Å². The van der Waals surface area contributed by atoms with Crippen molar-refractivity contribution in [3.63, 3.8) is 0 Å². The van der Waals surface area contributed by atoms with Gasteiger partial charge in [0, 0.05) is 12.1 Å². The molecule has 1 fully saturated rings. The van der Waals surface area contributed by atoms with E-state index in [1.807, 2.05) is 32.0 Å². The first kappa shape index (κ1) is 18.5. The summed E-state index contributed by atoms with van der Waals surface area (Å²) >= 11 is 0. The third-order valence-electron chi connectivity index (χ3n) is 5.11. The molecule has 0 saturated heterocycles. The van der Waals surface area contributed by atoms with Crippen LogP contribution >= 0.6 is 0 Å². The van der Waals surface area contributed by atoms with E-state index < -0.39 is 6.04 Å². The van der Waals surface area contributed by atoms with Gasteiger partial charge < -0.3 is 10.6 Å². The molecule has 0 unspecified atom stereocenters. The minimum atomic E-state index is -0.480. The van der Waals surface area contributed by atoms with Crippen molar-refractivity contribution >= 4 is 11.8 Å². The van der Waals surface area contributed by atoms with Gasteiger partial charge in [0.05, 0.1) is 0 Å². The Morgan fingerprint density at radius 2 is 1.79 bits per heavy atom. The summed E-state index contributed by atoms with van der Waals surface area (Å²) in [7, 11) is 0. The van der Waals surface area contributed by atoms with Crippen LogP contribution in [0.15, 0.2) is 30.3 Å². The van der Waals surface area contributed by atoms with Crippen LogP contribution < -0.4 is 10.6 Å². The van der Waals surface area contributed by atoms with Crippen molar-refractivity contribution in [2.45, 2.75) is 58.4 Å². The van der Waals surface area contributed by atoms with Crippen LogP contribution in [0.25, 0.3) is 0 Å². The minimum Gasteiger partial charge on any atom is -0.354 e. The molecule has 2 rings (SSSR count). The molecule has 0 radical (unpaired) electrons. The van der Waals surface area contributed by atoms with Gasteiger partial charge in [-0.25, -0.2) is 0 Å². The van der Waals surface area contributed by atoms with Crippen LogP contribution in [0.3, 0.4) is 0 Å². The van der Waals surface area contributed by atoms with Gasteiger partial charge in [0.25, 0.3) is 5.91 Å². The molecular formula is C20H30N2O2. The molecule has 24 heavy (non-hydrogen) atoms. The standard InChI is InChI=1S/C20H30N2O2/c1-3-15(2)18(22-19(23)17-12-8-5-9-13-17)20(24)21-14-16-10-6-4-7-11-16/h5,8-9,12-13,15-16,18H,3-4,6-7,10-11,14H2,1-2H3,(H,21,24)(H,22,23)/t15-,18-/m0/s1. The summed E-state index contributed by atoms with van der Waals surface area (Å²) in [6.07, 6.45) is 7.08.